The first-order valence-electron chi connectivity index (χ1n) is 10.7. The van der Waals surface area contributed by atoms with Gasteiger partial charge in [-0.1, -0.05) is 0 Å². The fourth-order valence-electron chi connectivity index (χ4n) is 4.24. The molecule has 0 aliphatic rings. The number of nitrogens with zero attached hydrogens (tertiary/aromatic N) is 8. The number of benzene rings is 1. The summed E-state index contributed by atoms with van der Waals surface area (Å²) in [5, 5.41) is 4.24. The van der Waals surface area contributed by atoms with Crippen LogP contribution in [-0.4, -0.2) is 46.0 Å². The Morgan fingerprint density at radius 1 is 1.00 bits per heavy atom. The highest BCUT2D eigenvalue weighted by Crippen LogP contribution is 2.29. The van der Waals surface area contributed by atoms with Gasteiger partial charge in [0, 0.05) is 32.1 Å². The summed E-state index contributed by atoms with van der Waals surface area (Å²) in [6.45, 7) is 0.180. The van der Waals surface area contributed by atoms with E-state index in [1.54, 1.807) is 31.2 Å². The summed E-state index contributed by atoms with van der Waals surface area (Å²) in [4.78, 5) is 17.8. The zero-order chi connectivity index (χ0) is 24.1. The van der Waals surface area contributed by atoms with E-state index in [0.717, 1.165) is 22.8 Å². The van der Waals surface area contributed by atoms with Crippen LogP contribution in [0.4, 0.5) is 8.78 Å². The van der Waals surface area contributed by atoms with E-state index in [2.05, 4.69) is 20.1 Å². The van der Waals surface area contributed by atoms with E-state index in [4.69, 9.17) is 9.72 Å². The van der Waals surface area contributed by atoms with Crippen molar-refractivity contribution in [2.24, 2.45) is 7.05 Å². The van der Waals surface area contributed by atoms with Gasteiger partial charge in [0.2, 0.25) is 5.88 Å². The van der Waals surface area contributed by atoms with Crippen molar-refractivity contribution in [3.63, 3.8) is 0 Å². The van der Waals surface area contributed by atoms with Gasteiger partial charge in [-0.2, -0.15) is 10.1 Å². The second-order valence-electron chi connectivity index (χ2n) is 8.04. The average Bonchev–Trinajstić information content (AvgIpc) is 3.55. The van der Waals surface area contributed by atoms with E-state index in [9.17, 15) is 8.78 Å². The van der Waals surface area contributed by atoms with Gasteiger partial charge < -0.3 is 13.9 Å². The quantitative estimate of drug-likeness (QED) is 0.378. The summed E-state index contributed by atoms with van der Waals surface area (Å²) in [7, 11) is 3.36. The Bertz CT molecular complexity index is 1700. The van der Waals surface area contributed by atoms with Gasteiger partial charge in [0.05, 0.1) is 41.8 Å². The van der Waals surface area contributed by atoms with E-state index < -0.39 is 11.6 Å². The first kappa shape index (κ1) is 20.9. The van der Waals surface area contributed by atoms with Crippen molar-refractivity contribution in [3.05, 3.63) is 78.6 Å². The number of aryl methyl sites for hydroxylation is 1. The topological polar surface area (TPSA) is 88.5 Å². The van der Waals surface area contributed by atoms with Gasteiger partial charge in [-0.25, -0.2) is 23.7 Å². The third-order valence-electron chi connectivity index (χ3n) is 5.73. The molecule has 0 bridgehead atoms. The molecule has 174 valence electrons. The number of methoxy groups -OCH3 is 1. The van der Waals surface area contributed by atoms with E-state index in [1.165, 1.54) is 18.5 Å². The van der Waals surface area contributed by atoms with Crippen molar-refractivity contribution < 1.29 is 13.5 Å². The fourth-order valence-corrected chi connectivity index (χ4v) is 4.24. The highest BCUT2D eigenvalue weighted by molar-refractivity contribution is 5.84. The number of hydrogen-bond donors (Lipinski definition) is 0. The first-order valence-corrected chi connectivity index (χ1v) is 10.7. The lowest BCUT2D eigenvalue weighted by molar-refractivity contribution is 0.401. The maximum Gasteiger partial charge on any atom is 0.241 e. The number of rotatable bonds is 5. The molecule has 5 heterocycles. The second-order valence-corrected chi connectivity index (χ2v) is 8.04. The van der Waals surface area contributed by atoms with Crippen molar-refractivity contribution in [2.45, 2.75) is 6.54 Å². The third-order valence-corrected chi connectivity index (χ3v) is 5.73. The molecule has 0 unspecified atom stereocenters. The molecule has 0 spiro atoms. The van der Waals surface area contributed by atoms with Gasteiger partial charge in [-0.3, -0.25) is 4.68 Å². The number of halogens is 2. The van der Waals surface area contributed by atoms with Crippen LogP contribution in [0.5, 0.6) is 5.88 Å². The molecular formula is C24H18F2N8O. The molecule has 6 aromatic rings. The van der Waals surface area contributed by atoms with Crippen molar-refractivity contribution in [3.8, 4) is 23.0 Å². The Labute approximate surface area is 197 Å². The monoisotopic (exact) mass is 472 g/mol. The predicted octanol–water partition coefficient (Wildman–Crippen LogP) is 3.90. The number of hydrogen-bond acceptors (Lipinski definition) is 6. The molecule has 0 aliphatic heterocycles. The standard InChI is InChI=1S/C24H18F2N8O/c1-32-12-15(9-30-32)23-31-22-20(34(23)11-14-5-16(25)7-17(26)6-14)8-18(10-27-22)33-4-3-19-21(33)24(35-2)29-13-28-19/h3-10,12-13H,11H2,1-2H3. The minimum Gasteiger partial charge on any atom is -0.479 e. The molecule has 0 N–H and O–H groups in total. The van der Waals surface area contributed by atoms with Crippen molar-refractivity contribution >= 4 is 22.2 Å². The maximum atomic E-state index is 13.9. The van der Waals surface area contributed by atoms with Crippen LogP contribution in [0, 0.1) is 11.6 Å². The van der Waals surface area contributed by atoms with Gasteiger partial charge in [0.15, 0.2) is 5.65 Å². The van der Waals surface area contributed by atoms with Crippen LogP contribution in [0.25, 0.3) is 39.3 Å². The lowest BCUT2D eigenvalue weighted by Gasteiger charge is -2.11. The van der Waals surface area contributed by atoms with Gasteiger partial charge in [-0.15, -0.1) is 0 Å². The van der Waals surface area contributed by atoms with Crippen LogP contribution in [0.2, 0.25) is 0 Å². The van der Waals surface area contributed by atoms with E-state index in [-0.39, 0.29) is 6.54 Å². The van der Waals surface area contributed by atoms with Crippen LogP contribution in [0.15, 0.2) is 61.4 Å². The summed E-state index contributed by atoms with van der Waals surface area (Å²) in [5.74, 6) is -0.269. The molecule has 0 amide bonds. The van der Waals surface area contributed by atoms with Crippen LogP contribution in [0.3, 0.4) is 0 Å². The third kappa shape index (κ3) is 3.57. The molecule has 5 aromatic heterocycles. The number of pyridine rings is 1. The predicted molar refractivity (Wildman–Crippen MR) is 124 cm³/mol. The van der Waals surface area contributed by atoms with Gasteiger partial charge >= 0.3 is 0 Å². The molecule has 1 aromatic carbocycles. The molecule has 6 rings (SSSR count). The zero-order valence-electron chi connectivity index (χ0n) is 18.7. The summed E-state index contributed by atoms with van der Waals surface area (Å²) >= 11 is 0. The molecule has 0 radical (unpaired) electrons. The number of aromatic nitrogens is 8. The van der Waals surface area contributed by atoms with Gasteiger partial charge in [-0.05, 0) is 29.8 Å². The molecule has 0 saturated carbocycles. The van der Waals surface area contributed by atoms with E-state index >= 15 is 0 Å². The van der Waals surface area contributed by atoms with E-state index in [0.29, 0.717) is 33.9 Å². The van der Waals surface area contributed by atoms with Gasteiger partial charge in [0.1, 0.15) is 29.3 Å². The molecule has 9 nitrogen and oxygen atoms in total. The molecule has 0 saturated heterocycles. The molecule has 0 atom stereocenters. The maximum absolute atomic E-state index is 13.9. The van der Waals surface area contributed by atoms with Gasteiger partial charge in [0.25, 0.3) is 0 Å². The lowest BCUT2D eigenvalue weighted by atomic mass is 10.2. The Morgan fingerprint density at radius 3 is 2.57 bits per heavy atom. The first-order chi connectivity index (χ1) is 17.0. The number of fused-ring (bicyclic) bond motifs is 2. The molecule has 0 aliphatic carbocycles. The molecule has 0 fully saturated rings. The fraction of sp³-hybridized carbons (Fsp3) is 0.125. The van der Waals surface area contributed by atoms with E-state index in [1.807, 2.05) is 33.7 Å². The van der Waals surface area contributed by atoms with Crippen LogP contribution < -0.4 is 4.74 Å². The largest absolute Gasteiger partial charge is 0.479 e. The smallest absolute Gasteiger partial charge is 0.241 e. The summed E-state index contributed by atoms with van der Waals surface area (Å²) in [6.07, 6.45) is 8.51. The Morgan fingerprint density at radius 2 is 1.83 bits per heavy atom. The summed E-state index contributed by atoms with van der Waals surface area (Å²) in [5.41, 5.74) is 4.53. The zero-order valence-corrected chi connectivity index (χ0v) is 18.7. The van der Waals surface area contributed by atoms with Crippen molar-refractivity contribution in [2.75, 3.05) is 7.11 Å². The minimum atomic E-state index is -0.642. The molecular weight excluding hydrogens is 454 g/mol. The Kier molecular flexibility index (Phi) is 4.76. The van der Waals surface area contributed by atoms with Crippen molar-refractivity contribution in [1.29, 1.82) is 0 Å². The van der Waals surface area contributed by atoms with Crippen molar-refractivity contribution in [1.82, 2.24) is 38.9 Å². The Balaban J connectivity index is 1.57. The van der Waals surface area contributed by atoms with Crippen LogP contribution in [-0.2, 0) is 13.6 Å². The lowest BCUT2D eigenvalue weighted by Crippen LogP contribution is -2.04. The SMILES string of the molecule is COc1ncnc2ccn(-c3cnc4nc(-c5cnn(C)c5)n(Cc5cc(F)cc(F)c5)c4c3)c12. The highest BCUT2D eigenvalue weighted by atomic mass is 19.1. The van der Waals surface area contributed by atoms with Crippen LogP contribution in [0.1, 0.15) is 5.56 Å². The molecule has 11 heteroatoms. The second kappa shape index (κ2) is 7.97. The Hall–Kier alpha value is -4.67. The normalized spacial score (nSPS) is 11.5. The number of ether oxygens (including phenoxy) is 1. The van der Waals surface area contributed by atoms with Crippen LogP contribution >= 0.6 is 0 Å². The minimum absolute atomic E-state index is 0.180. The highest BCUT2D eigenvalue weighted by Gasteiger charge is 2.18. The summed E-state index contributed by atoms with van der Waals surface area (Å²) in [6, 6.07) is 7.24. The average molecular weight is 472 g/mol. The summed E-state index contributed by atoms with van der Waals surface area (Å²) < 4.78 is 38.7. The molecule has 35 heavy (non-hydrogen) atoms. The number of imidazole rings is 1.